The van der Waals surface area contributed by atoms with Gasteiger partial charge in [-0.2, -0.15) is 0 Å². The number of carboxylic acids is 1. The van der Waals surface area contributed by atoms with Crippen LogP contribution in [0.3, 0.4) is 0 Å². The lowest BCUT2D eigenvalue weighted by Gasteiger charge is -1.98. The third-order valence-corrected chi connectivity index (χ3v) is 1.84. The average molecular weight is 204 g/mol. The van der Waals surface area contributed by atoms with Crippen LogP contribution in [0.5, 0.6) is 0 Å². The summed E-state index contributed by atoms with van der Waals surface area (Å²) in [6.07, 6.45) is 4.01. The van der Waals surface area contributed by atoms with Crippen molar-refractivity contribution in [3.63, 3.8) is 0 Å². The molecule has 0 saturated carbocycles. The molecule has 0 unspecified atom stereocenters. The van der Waals surface area contributed by atoms with Crippen molar-refractivity contribution in [1.29, 1.82) is 0 Å². The second-order valence-electron chi connectivity index (χ2n) is 2.85. The van der Waals surface area contributed by atoms with Crippen molar-refractivity contribution in [3.05, 3.63) is 54.4 Å². The highest BCUT2D eigenvalue weighted by Gasteiger charge is 2.11. The highest BCUT2D eigenvalue weighted by molar-refractivity contribution is 5.93. The zero-order chi connectivity index (χ0) is 10.7. The first-order valence-corrected chi connectivity index (χ1v) is 4.30. The Morgan fingerprint density at radius 1 is 1.13 bits per heavy atom. The van der Waals surface area contributed by atoms with Gasteiger partial charge in [-0.25, -0.2) is 4.79 Å². The summed E-state index contributed by atoms with van der Waals surface area (Å²) in [5.41, 5.74) is 0.414. The van der Waals surface area contributed by atoms with Gasteiger partial charge < -0.3 is 13.9 Å². The Morgan fingerprint density at radius 2 is 1.67 bits per heavy atom. The fourth-order valence-electron chi connectivity index (χ4n) is 1.25. The first-order chi connectivity index (χ1) is 7.27. The number of furan rings is 2. The molecule has 0 fully saturated rings. The molecule has 0 amide bonds. The van der Waals surface area contributed by atoms with E-state index in [1.165, 1.54) is 12.5 Å². The molecule has 0 bridgehead atoms. The quantitative estimate of drug-likeness (QED) is 0.779. The van der Waals surface area contributed by atoms with Gasteiger partial charge in [0.15, 0.2) is 0 Å². The van der Waals surface area contributed by atoms with E-state index in [2.05, 4.69) is 0 Å². The van der Waals surface area contributed by atoms with E-state index in [4.69, 9.17) is 13.9 Å². The van der Waals surface area contributed by atoms with E-state index in [-0.39, 0.29) is 0 Å². The van der Waals surface area contributed by atoms with E-state index in [1.807, 2.05) is 0 Å². The van der Waals surface area contributed by atoms with Crippen LogP contribution in [-0.4, -0.2) is 11.1 Å². The van der Waals surface area contributed by atoms with Crippen molar-refractivity contribution >= 4 is 11.5 Å². The minimum atomic E-state index is -1.04. The van der Waals surface area contributed by atoms with Crippen LogP contribution in [0, 0.1) is 0 Å². The van der Waals surface area contributed by atoms with Gasteiger partial charge in [0.2, 0.25) is 0 Å². The highest BCUT2D eigenvalue weighted by atomic mass is 16.4. The Labute approximate surface area is 85.4 Å². The van der Waals surface area contributed by atoms with Crippen molar-refractivity contribution in [1.82, 2.24) is 0 Å². The summed E-state index contributed by atoms with van der Waals surface area (Å²) in [6.45, 7) is 0. The van der Waals surface area contributed by atoms with Gasteiger partial charge in [0.1, 0.15) is 11.5 Å². The molecule has 0 saturated heterocycles. The van der Waals surface area contributed by atoms with E-state index in [1.54, 1.807) is 24.3 Å². The average Bonchev–Trinajstić information content (AvgIpc) is 2.87. The van der Waals surface area contributed by atoms with Crippen molar-refractivity contribution in [2.45, 2.75) is 0 Å². The molecule has 0 aliphatic rings. The zero-order valence-electron chi connectivity index (χ0n) is 7.71. The van der Waals surface area contributed by atoms with Gasteiger partial charge in [0.25, 0.3) is 0 Å². The molecule has 0 aliphatic carbocycles. The number of carboxylic acid groups (broad SMARTS) is 1. The SMILES string of the molecule is O=C(O)C=C(c1ccco1)c1ccco1. The first-order valence-electron chi connectivity index (χ1n) is 4.30. The van der Waals surface area contributed by atoms with Crippen LogP contribution in [0.1, 0.15) is 11.5 Å². The number of carbonyl (C=O) groups is 1. The third kappa shape index (κ3) is 1.99. The van der Waals surface area contributed by atoms with Crippen molar-refractivity contribution in [2.75, 3.05) is 0 Å². The summed E-state index contributed by atoms with van der Waals surface area (Å²) in [5.74, 6) is -0.113. The number of aliphatic carboxylic acids is 1. The van der Waals surface area contributed by atoms with E-state index < -0.39 is 5.97 Å². The van der Waals surface area contributed by atoms with E-state index in [0.29, 0.717) is 17.1 Å². The summed E-state index contributed by atoms with van der Waals surface area (Å²) in [6, 6.07) is 6.73. The predicted octanol–water partition coefficient (Wildman–Crippen LogP) is 2.39. The van der Waals surface area contributed by atoms with Crippen LogP contribution < -0.4 is 0 Å². The minimum Gasteiger partial charge on any atom is -0.478 e. The molecule has 0 aromatic carbocycles. The molecule has 2 rings (SSSR count). The summed E-state index contributed by atoms with van der Waals surface area (Å²) < 4.78 is 10.3. The van der Waals surface area contributed by atoms with Gasteiger partial charge in [0.05, 0.1) is 18.1 Å². The van der Waals surface area contributed by atoms with Crippen LogP contribution in [-0.2, 0) is 4.79 Å². The Hall–Kier alpha value is -2.23. The number of hydrogen-bond acceptors (Lipinski definition) is 3. The molecule has 2 heterocycles. The van der Waals surface area contributed by atoms with Crippen LogP contribution in [0.4, 0.5) is 0 Å². The molecule has 0 atom stereocenters. The van der Waals surface area contributed by atoms with Crippen molar-refractivity contribution in [2.24, 2.45) is 0 Å². The van der Waals surface area contributed by atoms with Gasteiger partial charge >= 0.3 is 5.97 Å². The maximum absolute atomic E-state index is 10.6. The van der Waals surface area contributed by atoms with Crippen LogP contribution in [0.25, 0.3) is 5.57 Å². The lowest BCUT2D eigenvalue weighted by Crippen LogP contribution is -1.92. The monoisotopic (exact) mass is 204 g/mol. The smallest absolute Gasteiger partial charge is 0.329 e. The fourth-order valence-corrected chi connectivity index (χ4v) is 1.25. The van der Waals surface area contributed by atoms with E-state index in [0.717, 1.165) is 6.08 Å². The summed E-state index contributed by atoms with van der Waals surface area (Å²) in [7, 11) is 0. The molecular formula is C11H8O4. The normalized spacial score (nSPS) is 9.87. The molecule has 15 heavy (non-hydrogen) atoms. The van der Waals surface area contributed by atoms with Crippen LogP contribution in [0.15, 0.2) is 51.7 Å². The van der Waals surface area contributed by atoms with E-state index >= 15 is 0 Å². The molecule has 0 radical (unpaired) electrons. The maximum Gasteiger partial charge on any atom is 0.329 e. The Balaban J connectivity index is 2.47. The second-order valence-corrected chi connectivity index (χ2v) is 2.85. The molecule has 4 heteroatoms. The molecule has 2 aromatic heterocycles. The Morgan fingerprint density at radius 3 is 2.00 bits per heavy atom. The number of rotatable bonds is 3. The molecule has 2 aromatic rings. The Bertz CT molecular complexity index is 426. The highest BCUT2D eigenvalue weighted by Crippen LogP contribution is 2.23. The topological polar surface area (TPSA) is 63.6 Å². The second kappa shape index (κ2) is 3.88. The lowest BCUT2D eigenvalue weighted by molar-refractivity contribution is -0.131. The fraction of sp³-hybridized carbons (Fsp3) is 0. The molecule has 1 N–H and O–H groups in total. The summed E-state index contributed by atoms with van der Waals surface area (Å²) in [5, 5.41) is 8.72. The standard InChI is InChI=1S/C11H8O4/c12-11(13)7-8(9-3-1-5-14-9)10-4-2-6-15-10/h1-7H,(H,12,13). The van der Waals surface area contributed by atoms with Gasteiger partial charge in [-0.05, 0) is 24.3 Å². The van der Waals surface area contributed by atoms with E-state index in [9.17, 15) is 4.79 Å². The number of hydrogen-bond donors (Lipinski definition) is 1. The minimum absolute atomic E-state index is 0.414. The van der Waals surface area contributed by atoms with Gasteiger partial charge in [-0.3, -0.25) is 0 Å². The molecular weight excluding hydrogens is 196 g/mol. The molecule has 4 nitrogen and oxygen atoms in total. The largest absolute Gasteiger partial charge is 0.478 e. The van der Waals surface area contributed by atoms with Gasteiger partial charge in [-0.1, -0.05) is 0 Å². The molecule has 0 spiro atoms. The molecule has 0 aliphatic heterocycles. The maximum atomic E-state index is 10.6. The van der Waals surface area contributed by atoms with Crippen LogP contribution in [0.2, 0.25) is 0 Å². The first kappa shape index (κ1) is 9.33. The van der Waals surface area contributed by atoms with Crippen molar-refractivity contribution in [3.8, 4) is 0 Å². The molecule has 76 valence electrons. The summed E-state index contributed by atoms with van der Waals surface area (Å²) in [4.78, 5) is 10.6. The third-order valence-electron chi connectivity index (χ3n) is 1.84. The predicted molar refractivity (Wildman–Crippen MR) is 52.1 cm³/mol. The van der Waals surface area contributed by atoms with Gasteiger partial charge in [-0.15, -0.1) is 0 Å². The Kier molecular flexibility index (Phi) is 2.41. The van der Waals surface area contributed by atoms with Gasteiger partial charge in [0, 0.05) is 6.08 Å². The summed E-state index contributed by atoms with van der Waals surface area (Å²) >= 11 is 0. The van der Waals surface area contributed by atoms with Crippen LogP contribution >= 0.6 is 0 Å². The lowest BCUT2D eigenvalue weighted by atomic mass is 10.1. The van der Waals surface area contributed by atoms with Crippen molar-refractivity contribution < 1.29 is 18.7 Å². The zero-order valence-corrected chi connectivity index (χ0v) is 7.71.